The SMILES string of the molecule is CC1Cc2ccccc2N1c1ccnc(N2CCCCCC2)n1. The van der Waals surface area contributed by atoms with Crippen molar-refractivity contribution in [2.24, 2.45) is 0 Å². The zero-order valence-electron chi connectivity index (χ0n) is 13.8. The molecule has 1 fully saturated rings. The van der Waals surface area contributed by atoms with E-state index in [2.05, 4.69) is 46.0 Å². The number of hydrogen-bond donors (Lipinski definition) is 0. The lowest BCUT2D eigenvalue weighted by atomic mass is 10.1. The van der Waals surface area contributed by atoms with E-state index in [-0.39, 0.29) is 0 Å². The third-order valence-corrected chi connectivity index (χ3v) is 4.97. The largest absolute Gasteiger partial charge is 0.341 e. The molecule has 4 rings (SSSR count). The topological polar surface area (TPSA) is 32.3 Å². The van der Waals surface area contributed by atoms with Crippen molar-refractivity contribution in [2.75, 3.05) is 22.9 Å². The van der Waals surface area contributed by atoms with E-state index in [9.17, 15) is 0 Å². The van der Waals surface area contributed by atoms with Crippen LogP contribution in [0, 0.1) is 0 Å². The smallest absolute Gasteiger partial charge is 0.227 e. The minimum absolute atomic E-state index is 0.444. The van der Waals surface area contributed by atoms with Gasteiger partial charge in [-0.3, -0.25) is 0 Å². The van der Waals surface area contributed by atoms with E-state index in [1.807, 2.05) is 12.3 Å². The summed E-state index contributed by atoms with van der Waals surface area (Å²) in [5.41, 5.74) is 2.70. The molecule has 2 aromatic rings. The normalized spacial score (nSPS) is 21.2. The second kappa shape index (κ2) is 6.19. The molecule has 0 spiro atoms. The van der Waals surface area contributed by atoms with Crippen LogP contribution >= 0.6 is 0 Å². The Balaban J connectivity index is 1.66. The number of anilines is 3. The van der Waals surface area contributed by atoms with E-state index in [1.165, 1.54) is 36.9 Å². The third-order valence-electron chi connectivity index (χ3n) is 4.97. The number of para-hydroxylation sites is 1. The molecule has 1 unspecified atom stereocenters. The van der Waals surface area contributed by atoms with Gasteiger partial charge < -0.3 is 9.80 Å². The molecule has 23 heavy (non-hydrogen) atoms. The summed E-state index contributed by atoms with van der Waals surface area (Å²) in [6, 6.07) is 11.1. The number of hydrogen-bond acceptors (Lipinski definition) is 4. The van der Waals surface area contributed by atoms with Crippen LogP contribution in [0.4, 0.5) is 17.5 Å². The molecule has 0 aliphatic carbocycles. The summed E-state index contributed by atoms with van der Waals surface area (Å²) in [4.78, 5) is 14.2. The van der Waals surface area contributed by atoms with Gasteiger partial charge in [-0.2, -0.15) is 4.98 Å². The highest BCUT2D eigenvalue weighted by atomic mass is 15.3. The molecule has 1 saturated heterocycles. The van der Waals surface area contributed by atoms with Crippen LogP contribution in [0.2, 0.25) is 0 Å². The summed E-state index contributed by atoms with van der Waals surface area (Å²) in [6.07, 6.45) is 8.14. The molecule has 1 aromatic heterocycles. The predicted molar refractivity (Wildman–Crippen MR) is 94.5 cm³/mol. The first kappa shape index (κ1) is 14.5. The van der Waals surface area contributed by atoms with Gasteiger partial charge >= 0.3 is 0 Å². The molecular formula is C19H24N4. The fourth-order valence-electron chi connectivity index (χ4n) is 3.81. The Bertz CT molecular complexity index is 677. The molecule has 4 heteroatoms. The minimum atomic E-state index is 0.444. The van der Waals surface area contributed by atoms with Crippen molar-refractivity contribution in [3.63, 3.8) is 0 Å². The maximum Gasteiger partial charge on any atom is 0.227 e. The number of fused-ring (bicyclic) bond motifs is 1. The summed E-state index contributed by atoms with van der Waals surface area (Å²) in [7, 11) is 0. The van der Waals surface area contributed by atoms with Gasteiger partial charge in [-0.25, -0.2) is 4.98 Å². The Kier molecular flexibility index (Phi) is 3.90. The predicted octanol–water partition coefficient (Wildman–Crippen LogP) is 3.94. The molecule has 0 N–H and O–H groups in total. The summed E-state index contributed by atoms with van der Waals surface area (Å²) in [5, 5.41) is 0. The number of aromatic nitrogens is 2. The van der Waals surface area contributed by atoms with E-state index in [4.69, 9.17) is 4.98 Å². The monoisotopic (exact) mass is 308 g/mol. The highest BCUT2D eigenvalue weighted by molar-refractivity contribution is 5.69. The molecule has 0 saturated carbocycles. The van der Waals surface area contributed by atoms with Crippen molar-refractivity contribution < 1.29 is 0 Å². The van der Waals surface area contributed by atoms with Gasteiger partial charge in [0, 0.05) is 31.0 Å². The van der Waals surface area contributed by atoms with Gasteiger partial charge in [-0.05, 0) is 43.9 Å². The van der Waals surface area contributed by atoms with Crippen molar-refractivity contribution in [1.82, 2.24) is 9.97 Å². The summed E-state index contributed by atoms with van der Waals surface area (Å²) >= 11 is 0. The van der Waals surface area contributed by atoms with Gasteiger partial charge in [0.2, 0.25) is 5.95 Å². The van der Waals surface area contributed by atoms with Crippen LogP contribution in [-0.2, 0) is 6.42 Å². The van der Waals surface area contributed by atoms with Gasteiger partial charge in [0.15, 0.2) is 0 Å². The Hall–Kier alpha value is -2.10. The van der Waals surface area contributed by atoms with Crippen molar-refractivity contribution >= 4 is 17.5 Å². The molecule has 1 aromatic carbocycles. The molecule has 0 amide bonds. The standard InChI is InChI=1S/C19H24N4/c1-15-14-16-8-4-5-9-17(16)23(15)18-10-11-20-19(21-18)22-12-6-2-3-7-13-22/h4-5,8-11,15H,2-3,6-7,12-14H2,1H3. The van der Waals surface area contributed by atoms with Crippen LogP contribution in [0.5, 0.6) is 0 Å². The lowest BCUT2D eigenvalue weighted by molar-refractivity contribution is 0.726. The number of rotatable bonds is 2. The highest BCUT2D eigenvalue weighted by Gasteiger charge is 2.28. The molecule has 1 atom stereocenters. The highest BCUT2D eigenvalue weighted by Crippen LogP contribution is 2.37. The summed E-state index contributed by atoms with van der Waals surface area (Å²) in [6.45, 7) is 4.43. The average molecular weight is 308 g/mol. The van der Waals surface area contributed by atoms with Gasteiger partial charge in [-0.1, -0.05) is 31.0 Å². The second-order valence-electron chi connectivity index (χ2n) is 6.67. The van der Waals surface area contributed by atoms with Crippen molar-refractivity contribution in [3.05, 3.63) is 42.1 Å². The molecule has 4 nitrogen and oxygen atoms in total. The fraction of sp³-hybridized carbons (Fsp3) is 0.474. The Labute approximate surface area is 138 Å². The lowest BCUT2D eigenvalue weighted by Gasteiger charge is -2.26. The zero-order chi connectivity index (χ0) is 15.6. The van der Waals surface area contributed by atoms with Crippen LogP contribution in [0.25, 0.3) is 0 Å². The molecular weight excluding hydrogens is 284 g/mol. The van der Waals surface area contributed by atoms with Gasteiger partial charge in [0.25, 0.3) is 0 Å². The Morgan fingerprint density at radius 2 is 1.78 bits per heavy atom. The van der Waals surface area contributed by atoms with E-state index < -0.39 is 0 Å². The minimum Gasteiger partial charge on any atom is -0.341 e. The van der Waals surface area contributed by atoms with E-state index >= 15 is 0 Å². The fourth-order valence-corrected chi connectivity index (χ4v) is 3.81. The van der Waals surface area contributed by atoms with Gasteiger partial charge in [-0.15, -0.1) is 0 Å². The molecule has 0 bridgehead atoms. The molecule has 2 aliphatic heterocycles. The molecule has 0 radical (unpaired) electrons. The third kappa shape index (κ3) is 2.78. The van der Waals surface area contributed by atoms with Crippen molar-refractivity contribution in [1.29, 1.82) is 0 Å². The molecule has 2 aliphatic rings. The Morgan fingerprint density at radius 1 is 1.00 bits per heavy atom. The van der Waals surface area contributed by atoms with E-state index in [0.717, 1.165) is 31.3 Å². The first-order chi connectivity index (χ1) is 11.3. The van der Waals surface area contributed by atoms with Crippen molar-refractivity contribution in [3.8, 4) is 0 Å². The first-order valence-corrected chi connectivity index (χ1v) is 8.78. The van der Waals surface area contributed by atoms with E-state index in [1.54, 1.807) is 0 Å². The van der Waals surface area contributed by atoms with Crippen LogP contribution in [0.1, 0.15) is 38.2 Å². The van der Waals surface area contributed by atoms with Crippen LogP contribution in [0.15, 0.2) is 36.5 Å². The molecule has 3 heterocycles. The second-order valence-corrected chi connectivity index (χ2v) is 6.67. The van der Waals surface area contributed by atoms with Gasteiger partial charge in [0.1, 0.15) is 5.82 Å². The number of nitrogens with zero attached hydrogens (tertiary/aromatic N) is 4. The molecule has 120 valence electrons. The van der Waals surface area contributed by atoms with E-state index in [0.29, 0.717) is 6.04 Å². The maximum absolute atomic E-state index is 4.91. The summed E-state index contributed by atoms with van der Waals surface area (Å²) in [5.74, 6) is 1.91. The number of benzene rings is 1. The first-order valence-electron chi connectivity index (χ1n) is 8.78. The van der Waals surface area contributed by atoms with Gasteiger partial charge in [0.05, 0.1) is 0 Å². The maximum atomic E-state index is 4.91. The lowest BCUT2D eigenvalue weighted by Crippen LogP contribution is -2.28. The summed E-state index contributed by atoms with van der Waals surface area (Å²) < 4.78 is 0. The quantitative estimate of drug-likeness (QED) is 0.841. The van der Waals surface area contributed by atoms with Crippen LogP contribution in [-0.4, -0.2) is 29.1 Å². The van der Waals surface area contributed by atoms with Crippen molar-refractivity contribution in [2.45, 2.75) is 45.1 Å². The van der Waals surface area contributed by atoms with Crippen LogP contribution < -0.4 is 9.80 Å². The van der Waals surface area contributed by atoms with Crippen LogP contribution in [0.3, 0.4) is 0 Å². The average Bonchev–Trinajstić information content (AvgIpc) is 2.75. The zero-order valence-corrected chi connectivity index (χ0v) is 13.8. The Morgan fingerprint density at radius 3 is 2.61 bits per heavy atom.